The summed E-state index contributed by atoms with van der Waals surface area (Å²) in [5.41, 5.74) is 1.13. The molecule has 1 spiro atoms. The monoisotopic (exact) mass is 387 g/mol. The molecular weight excluding hydrogens is 363 g/mol. The Morgan fingerprint density at radius 1 is 1.41 bits per heavy atom. The molecule has 2 N–H and O–H groups in total. The number of halogens is 3. The summed E-state index contributed by atoms with van der Waals surface area (Å²) in [5, 5.41) is 10.4. The maximum atomic E-state index is 11.7. The van der Waals surface area contributed by atoms with Gasteiger partial charge in [0.15, 0.2) is 0 Å². The van der Waals surface area contributed by atoms with Crippen molar-refractivity contribution >= 4 is 11.9 Å². The highest BCUT2D eigenvalue weighted by atomic mass is 19.4. The smallest absolute Gasteiger partial charge is 0.475 e. The summed E-state index contributed by atoms with van der Waals surface area (Å²) in [4.78, 5) is 27.6. The lowest BCUT2D eigenvalue weighted by Gasteiger charge is -2.48. The van der Waals surface area contributed by atoms with E-state index in [0.717, 1.165) is 44.5 Å². The molecule has 0 bridgehead atoms. The molecule has 2 saturated heterocycles. The van der Waals surface area contributed by atoms with Crippen LogP contribution in [0.15, 0.2) is 24.4 Å². The SMILES string of the molecule is CC[C@@H]1N(Cc2ccccn2)CCC[C@]12CCC(=O)N2.O=C(O)C(F)(F)F. The van der Waals surface area contributed by atoms with E-state index >= 15 is 0 Å². The first-order chi connectivity index (χ1) is 12.7. The van der Waals surface area contributed by atoms with E-state index in [9.17, 15) is 18.0 Å². The molecule has 1 amide bonds. The third kappa shape index (κ3) is 5.41. The molecule has 0 saturated carbocycles. The van der Waals surface area contributed by atoms with Gasteiger partial charge in [0.1, 0.15) is 0 Å². The lowest BCUT2D eigenvalue weighted by atomic mass is 9.78. The summed E-state index contributed by atoms with van der Waals surface area (Å²) in [5.74, 6) is -2.53. The van der Waals surface area contributed by atoms with Gasteiger partial charge in [-0.3, -0.25) is 14.7 Å². The number of piperidine rings is 1. The van der Waals surface area contributed by atoms with Crippen LogP contribution in [-0.2, 0) is 16.1 Å². The number of amides is 1. The number of aliphatic carboxylic acids is 1. The Bertz CT molecular complexity index is 654. The predicted octanol–water partition coefficient (Wildman–Crippen LogP) is 2.74. The predicted molar refractivity (Wildman–Crippen MR) is 91.8 cm³/mol. The summed E-state index contributed by atoms with van der Waals surface area (Å²) in [7, 11) is 0. The largest absolute Gasteiger partial charge is 0.490 e. The Morgan fingerprint density at radius 2 is 2.11 bits per heavy atom. The highest BCUT2D eigenvalue weighted by Gasteiger charge is 2.47. The topological polar surface area (TPSA) is 82.5 Å². The average Bonchev–Trinajstić information content (AvgIpc) is 2.97. The lowest BCUT2D eigenvalue weighted by Crippen LogP contribution is -2.61. The van der Waals surface area contributed by atoms with Crippen LogP contribution >= 0.6 is 0 Å². The number of aromatic nitrogens is 1. The first-order valence-corrected chi connectivity index (χ1v) is 8.93. The Hall–Kier alpha value is -2.16. The van der Waals surface area contributed by atoms with E-state index in [4.69, 9.17) is 9.90 Å². The second kappa shape index (κ2) is 8.69. The van der Waals surface area contributed by atoms with Crippen LogP contribution in [0.25, 0.3) is 0 Å². The molecule has 2 aliphatic heterocycles. The van der Waals surface area contributed by atoms with E-state index in [1.54, 1.807) is 0 Å². The minimum absolute atomic E-state index is 0.0128. The second-order valence-corrected chi connectivity index (χ2v) is 6.83. The molecule has 2 atom stereocenters. The van der Waals surface area contributed by atoms with Crippen molar-refractivity contribution in [1.29, 1.82) is 0 Å². The average molecular weight is 387 g/mol. The Morgan fingerprint density at radius 3 is 2.59 bits per heavy atom. The van der Waals surface area contributed by atoms with Crippen LogP contribution in [0.2, 0.25) is 0 Å². The zero-order chi connectivity index (χ0) is 20.1. The summed E-state index contributed by atoms with van der Waals surface area (Å²) >= 11 is 0. The Labute approximate surface area is 155 Å². The second-order valence-electron chi connectivity index (χ2n) is 6.83. The van der Waals surface area contributed by atoms with E-state index in [2.05, 4.69) is 28.2 Å². The van der Waals surface area contributed by atoms with Crippen molar-refractivity contribution in [1.82, 2.24) is 15.2 Å². The van der Waals surface area contributed by atoms with Gasteiger partial charge < -0.3 is 10.4 Å². The van der Waals surface area contributed by atoms with Gasteiger partial charge in [0, 0.05) is 25.2 Å². The van der Waals surface area contributed by atoms with Gasteiger partial charge in [-0.05, 0) is 44.4 Å². The van der Waals surface area contributed by atoms with Gasteiger partial charge in [0.2, 0.25) is 5.91 Å². The molecule has 0 radical (unpaired) electrons. The number of carbonyl (C=O) groups excluding carboxylic acids is 1. The van der Waals surface area contributed by atoms with Crippen molar-refractivity contribution in [3.8, 4) is 0 Å². The summed E-state index contributed by atoms with van der Waals surface area (Å²) in [6, 6.07) is 6.52. The van der Waals surface area contributed by atoms with Crippen LogP contribution < -0.4 is 5.32 Å². The molecule has 6 nitrogen and oxygen atoms in total. The molecule has 3 heterocycles. The number of carboxylic acids is 1. The molecule has 1 aromatic heterocycles. The van der Waals surface area contributed by atoms with Crippen molar-refractivity contribution in [2.45, 2.75) is 63.3 Å². The summed E-state index contributed by atoms with van der Waals surface area (Å²) in [6.07, 6.45) is 1.80. The Kier molecular flexibility index (Phi) is 6.80. The first kappa shape index (κ1) is 21.1. The molecular formula is C18H24F3N3O3. The van der Waals surface area contributed by atoms with Gasteiger partial charge in [-0.25, -0.2) is 4.79 Å². The number of hydrogen-bond acceptors (Lipinski definition) is 4. The maximum Gasteiger partial charge on any atom is 0.490 e. The zero-order valence-corrected chi connectivity index (χ0v) is 15.1. The standard InChI is InChI=1S/C16H23N3O.C2HF3O2/c1-2-14-16(9-7-15(20)18-16)8-5-11-19(14)12-13-6-3-4-10-17-13;3-2(4,5)1(6)7/h3-4,6,10,14H,2,5,7-9,11-12H2,1H3,(H,18,20);(H,6,7)/t14-,16-;/m0./s1. The Balaban J connectivity index is 0.000000321. The number of rotatable bonds is 3. The number of likely N-dealkylation sites (tertiary alicyclic amines) is 1. The highest BCUT2D eigenvalue weighted by Crippen LogP contribution is 2.37. The van der Waals surface area contributed by atoms with Gasteiger partial charge in [0.25, 0.3) is 0 Å². The molecule has 2 aliphatic rings. The maximum absolute atomic E-state index is 11.7. The minimum atomic E-state index is -5.08. The zero-order valence-electron chi connectivity index (χ0n) is 15.1. The lowest BCUT2D eigenvalue weighted by molar-refractivity contribution is -0.192. The van der Waals surface area contributed by atoms with Crippen LogP contribution in [0.4, 0.5) is 13.2 Å². The minimum Gasteiger partial charge on any atom is -0.475 e. The van der Waals surface area contributed by atoms with E-state index in [1.165, 1.54) is 0 Å². The first-order valence-electron chi connectivity index (χ1n) is 8.93. The van der Waals surface area contributed by atoms with Gasteiger partial charge in [-0.2, -0.15) is 13.2 Å². The fourth-order valence-electron chi connectivity index (χ4n) is 3.98. The van der Waals surface area contributed by atoms with Crippen LogP contribution in [0.3, 0.4) is 0 Å². The van der Waals surface area contributed by atoms with E-state index in [0.29, 0.717) is 12.5 Å². The number of pyridine rings is 1. The fourth-order valence-corrected chi connectivity index (χ4v) is 3.98. The number of alkyl halides is 3. The third-order valence-electron chi connectivity index (χ3n) is 5.05. The molecule has 0 aromatic carbocycles. The summed E-state index contributed by atoms with van der Waals surface area (Å²) in [6.45, 7) is 4.22. The van der Waals surface area contributed by atoms with Gasteiger partial charge in [0.05, 0.1) is 11.2 Å². The van der Waals surface area contributed by atoms with E-state index < -0.39 is 12.1 Å². The quantitative estimate of drug-likeness (QED) is 0.833. The molecule has 0 unspecified atom stereocenters. The molecule has 9 heteroatoms. The van der Waals surface area contributed by atoms with E-state index in [-0.39, 0.29) is 11.4 Å². The summed E-state index contributed by atoms with van der Waals surface area (Å²) < 4.78 is 31.7. The van der Waals surface area contributed by atoms with Crippen LogP contribution in [-0.4, -0.2) is 51.2 Å². The fraction of sp³-hybridized carbons (Fsp3) is 0.611. The van der Waals surface area contributed by atoms with Crippen LogP contribution in [0, 0.1) is 0 Å². The van der Waals surface area contributed by atoms with Crippen molar-refractivity contribution in [3.63, 3.8) is 0 Å². The van der Waals surface area contributed by atoms with Crippen LogP contribution in [0.1, 0.15) is 44.7 Å². The number of carbonyl (C=O) groups is 2. The van der Waals surface area contributed by atoms with Crippen molar-refractivity contribution in [2.24, 2.45) is 0 Å². The van der Waals surface area contributed by atoms with Crippen molar-refractivity contribution in [2.75, 3.05) is 6.54 Å². The third-order valence-corrected chi connectivity index (χ3v) is 5.05. The highest BCUT2D eigenvalue weighted by molar-refractivity contribution is 5.79. The normalized spacial score (nSPS) is 25.6. The molecule has 2 fully saturated rings. The molecule has 27 heavy (non-hydrogen) atoms. The van der Waals surface area contributed by atoms with Gasteiger partial charge >= 0.3 is 12.1 Å². The number of nitrogens with zero attached hydrogens (tertiary/aromatic N) is 2. The molecule has 3 rings (SSSR count). The number of hydrogen-bond donors (Lipinski definition) is 2. The van der Waals surface area contributed by atoms with Crippen LogP contribution in [0.5, 0.6) is 0 Å². The van der Waals surface area contributed by atoms with Crippen molar-refractivity contribution < 1.29 is 27.9 Å². The number of carboxylic acid groups (broad SMARTS) is 1. The molecule has 1 aromatic rings. The molecule has 150 valence electrons. The van der Waals surface area contributed by atoms with Gasteiger partial charge in [-0.1, -0.05) is 13.0 Å². The van der Waals surface area contributed by atoms with Crippen molar-refractivity contribution in [3.05, 3.63) is 30.1 Å². The van der Waals surface area contributed by atoms with E-state index in [1.807, 2.05) is 18.3 Å². The van der Waals surface area contributed by atoms with Gasteiger partial charge in [-0.15, -0.1) is 0 Å². The molecule has 0 aliphatic carbocycles. The number of nitrogens with one attached hydrogen (secondary N) is 1.